The van der Waals surface area contributed by atoms with Gasteiger partial charge in [-0.25, -0.2) is 0 Å². The number of benzene rings is 3. The Labute approximate surface area is 183 Å². The molecule has 3 aromatic carbocycles. The monoisotopic (exact) mass is 416 g/mol. The number of ether oxygens (including phenoxy) is 1. The fraction of sp³-hybridized carbons (Fsp3) is 0.231. The SMILES string of the molecule is CC(C)(C)N(Cc1ccccc1)C(=O)COc1ccccc1C(=O)Nc1ccccc1. The molecule has 160 valence electrons. The Balaban J connectivity index is 1.71. The van der Waals surface area contributed by atoms with Crippen LogP contribution in [0.5, 0.6) is 5.75 Å². The predicted octanol–water partition coefficient (Wildman–Crippen LogP) is 5.15. The molecule has 0 saturated heterocycles. The molecule has 0 bridgehead atoms. The normalized spacial score (nSPS) is 10.9. The van der Waals surface area contributed by atoms with Gasteiger partial charge in [0.05, 0.1) is 5.56 Å². The average Bonchev–Trinajstić information content (AvgIpc) is 2.76. The lowest BCUT2D eigenvalue weighted by atomic mass is 10.0. The van der Waals surface area contributed by atoms with Crippen molar-refractivity contribution in [3.63, 3.8) is 0 Å². The number of rotatable bonds is 7. The van der Waals surface area contributed by atoms with Crippen molar-refractivity contribution in [3.8, 4) is 5.75 Å². The van der Waals surface area contributed by atoms with Crippen LogP contribution in [0.25, 0.3) is 0 Å². The third-order valence-corrected chi connectivity index (χ3v) is 4.81. The van der Waals surface area contributed by atoms with Crippen LogP contribution in [0.2, 0.25) is 0 Å². The minimum Gasteiger partial charge on any atom is -0.483 e. The van der Waals surface area contributed by atoms with Crippen molar-refractivity contribution in [1.29, 1.82) is 0 Å². The Bertz CT molecular complexity index is 1010. The van der Waals surface area contributed by atoms with E-state index < -0.39 is 0 Å². The number of carbonyl (C=O) groups excluding carboxylic acids is 2. The summed E-state index contributed by atoms with van der Waals surface area (Å²) >= 11 is 0. The average molecular weight is 417 g/mol. The van der Waals surface area contributed by atoms with Gasteiger partial charge in [0.2, 0.25) is 0 Å². The number of nitrogens with one attached hydrogen (secondary N) is 1. The van der Waals surface area contributed by atoms with Crippen LogP contribution in [-0.2, 0) is 11.3 Å². The van der Waals surface area contributed by atoms with Crippen molar-refractivity contribution < 1.29 is 14.3 Å². The molecule has 0 aliphatic heterocycles. The van der Waals surface area contributed by atoms with Crippen molar-refractivity contribution in [3.05, 3.63) is 96.1 Å². The smallest absolute Gasteiger partial charge is 0.261 e. The van der Waals surface area contributed by atoms with Crippen LogP contribution in [0.3, 0.4) is 0 Å². The highest BCUT2D eigenvalue weighted by Gasteiger charge is 2.27. The molecule has 0 aliphatic carbocycles. The van der Waals surface area contributed by atoms with Gasteiger partial charge in [0, 0.05) is 17.8 Å². The summed E-state index contributed by atoms with van der Waals surface area (Å²) in [6.45, 7) is 6.32. The van der Waals surface area contributed by atoms with Gasteiger partial charge in [-0.05, 0) is 50.6 Å². The zero-order chi connectivity index (χ0) is 22.3. The summed E-state index contributed by atoms with van der Waals surface area (Å²) in [7, 11) is 0. The van der Waals surface area contributed by atoms with Gasteiger partial charge in [0.25, 0.3) is 11.8 Å². The van der Waals surface area contributed by atoms with Crippen molar-refractivity contribution in [2.45, 2.75) is 32.9 Å². The molecular formula is C26H28N2O3. The van der Waals surface area contributed by atoms with Crippen molar-refractivity contribution in [2.24, 2.45) is 0 Å². The third kappa shape index (κ3) is 6.19. The first-order chi connectivity index (χ1) is 14.8. The lowest BCUT2D eigenvalue weighted by Crippen LogP contribution is -2.47. The Hall–Kier alpha value is -3.60. The van der Waals surface area contributed by atoms with E-state index in [2.05, 4.69) is 5.32 Å². The fourth-order valence-electron chi connectivity index (χ4n) is 3.18. The minimum absolute atomic E-state index is 0.144. The first-order valence-corrected chi connectivity index (χ1v) is 10.3. The van der Waals surface area contributed by atoms with Gasteiger partial charge in [0.15, 0.2) is 6.61 Å². The molecule has 5 nitrogen and oxygen atoms in total. The largest absolute Gasteiger partial charge is 0.483 e. The third-order valence-electron chi connectivity index (χ3n) is 4.81. The van der Waals surface area contributed by atoms with Crippen LogP contribution >= 0.6 is 0 Å². The summed E-state index contributed by atoms with van der Waals surface area (Å²) in [6.07, 6.45) is 0. The van der Waals surface area contributed by atoms with Gasteiger partial charge in [-0.3, -0.25) is 9.59 Å². The van der Waals surface area contributed by atoms with Gasteiger partial charge in [-0.2, -0.15) is 0 Å². The van der Waals surface area contributed by atoms with Crippen LogP contribution in [0.15, 0.2) is 84.9 Å². The maximum absolute atomic E-state index is 13.0. The van der Waals surface area contributed by atoms with Crippen LogP contribution in [0.1, 0.15) is 36.7 Å². The molecule has 0 atom stereocenters. The molecule has 0 unspecified atom stereocenters. The molecule has 3 rings (SSSR count). The molecule has 0 radical (unpaired) electrons. The van der Waals surface area contributed by atoms with E-state index in [4.69, 9.17) is 4.74 Å². The van der Waals surface area contributed by atoms with Crippen molar-refractivity contribution in [2.75, 3.05) is 11.9 Å². The highest BCUT2D eigenvalue weighted by molar-refractivity contribution is 6.06. The second kappa shape index (κ2) is 9.94. The molecule has 0 aliphatic rings. The van der Waals surface area contributed by atoms with E-state index >= 15 is 0 Å². The second-order valence-electron chi connectivity index (χ2n) is 8.24. The number of anilines is 1. The van der Waals surface area contributed by atoms with Crippen LogP contribution in [0, 0.1) is 0 Å². The first-order valence-electron chi connectivity index (χ1n) is 10.3. The molecule has 0 aromatic heterocycles. The number of nitrogens with zero attached hydrogens (tertiary/aromatic N) is 1. The quantitative estimate of drug-likeness (QED) is 0.580. The molecule has 0 heterocycles. The topological polar surface area (TPSA) is 58.6 Å². The minimum atomic E-state index is -0.375. The zero-order valence-electron chi connectivity index (χ0n) is 18.2. The summed E-state index contributed by atoms with van der Waals surface area (Å²) in [5, 5.41) is 2.85. The lowest BCUT2D eigenvalue weighted by molar-refractivity contribution is -0.139. The first kappa shape index (κ1) is 22.1. The molecule has 0 spiro atoms. The van der Waals surface area contributed by atoms with E-state index in [1.807, 2.05) is 81.4 Å². The van der Waals surface area contributed by atoms with E-state index in [0.717, 1.165) is 5.56 Å². The van der Waals surface area contributed by atoms with Gasteiger partial charge in [-0.1, -0.05) is 60.7 Å². The second-order valence-corrected chi connectivity index (χ2v) is 8.24. The molecule has 0 fully saturated rings. The standard InChI is InChI=1S/C26H28N2O3/c1-26(2,3)28(18-20-12-6-4-7-13-20)24(29)19-31-23-17-11-10-16-22(23)25(30)27-21-14-8-5-9-15-21/h4-17H,18-19H2,1-3H3,(H,27,30). The van der Waals surface area contributed by atoms with Crippen molar-refractivity contribution >= 4 is 17.5 Å². The van der Waals surface area contributed by atoms with Gasteiger partial charge in [-0.15, -0.1) is 0 Å². The molecule has 2 amide bonds. The zero-order valence-corrected chi connectivity index (χ0v) is 18.2. The fourth-order valence-corrected chi connectivity index (χ4v) is 3.18. The molecule has 31 heavy (non-hydrogen) atoms. The van der Waals surface area contributed by atoms with E-state index in [9.17, 15) is 9.59 Å². The Morgan fingerprint density at radius 2 is 1.42 bits per heavy atom. The molecule has 1 N–H and O–H groups in total. The summed E-state index contributed by atoms with van der Waals surface area (Å²) in [5.41, 5.74) is 1.75. The maximum Gasteiger partial charge on any atom is 0.261 e. The predicted molar refractivity (Wildman–Crippen MR) is 123 cm³/mol. The number of para-hydroxylation sites is 2. The lowest BCUT2D eigenvalue weighted by Gasteiger charge is -2.36. The summed E-state index contributed by atoms with van der Waals surface area (Å²) in [6, 6.07) is 26.0. The molecule has 5 heteroatoms. The van der Waals surface area contributed by atoms with Crippen LogP contribution in [-0.4, -0.2) is 28.9 Å². The van der Waals surface area contributed by atoms with E-state index in [-0.39, 0.29) is 24.0 Å². The summed E-state index contributed by atoms with van der Waals surface area (Å²) in [5.74, 6) is -0.0568. The highest BCUT2D eigenvalue weighted by atomic mass is 16.5. The van der Waals surface area contributed by atoms with Gasteiger partial charge in [0.1, 0.15) is 5.75 Å². The summed E-state index contributed by atoms with van der Waals surface area (Å²) in [4.78, 5) is 27.6. The maximum atomic E-state index is 13.0. The van der Waals surface area contributed by atoms with Crippen molar-refractivity contribution in [1.82, 2.24) is 4.90 Å². The molecule has 3 aromatic rings. The van der Waals surface area contributed by atoms with E-state index in [1.54, 1.807) is 29.2 Å². The highest BCUT2D eigenvalue weighted by Crippen LogP contribution is 2.22. The number of hydrogen-bond donors (Lipinski definition) is 1. The Morgan fingerprint density at radius 3 is 2.06 bits per heavy atom. The number of hydrogen-bond acceptors (Lipinski definition) is 3. The molecular weight excluding hydrogens is 388 g/mol. The van der Waals surface area contributed by atoms with Gasteiger partial charge >= 0.3 is 0 Å². The number of carbonyl (C=O) groups is 2. The Kier molecular flexibility index (Phi) is 7.08. The van der Waals surface area contributed by atoms with Crippen LogP contribution < -0.4 is 10.1 Å². The summed E-state index contributed by atoms with van der Waals surface area (Å²) < 4.78 is 5.82. The van der Waals surface area contributed by atoms with Gasteiger partial charge < -0.3 is 15.0 Å². The van der Waals surface area contributed by atoms with E-state index in [1.165, 1.54) is 0 Å². The molecule has 0 saturated carbocycles. The van der Waals surface area contributed by atoms with E-state index in [0.29, 0.717) is 23.5 Å². The Morgan fingerprint density at radius 1 is 0.839 bits per heavy atom. The van der Waals surface area contributed by atoms with Crippen LogP contribution in [0.4, 0.5) is 5.69 Å². The number of amides is 2.